The monoisotopic (exact) mass is 194 g/mol. The molecule has 3 heteroatoms. The van der Waals surface area contributed by atoms with Gasteiger partial charge in [0.05, 0.1) is 0 Å². The highest BCUT2D eigenvalue weighted by atomic mass is 16.1. The van der Waals surface area contributed by atoms with Crippen LogP contribution in [0.2, 0.25) is 0 Å². The molecule has 0 saturated carbocycles. The molecule has 0 aliphatic rings. The molecule has 0 aromatic carbocycles. The highest BCUT2D eigenvalue weighted by molar-refractivity contribution is 6.23. The minimum Gasteiger partial charge on any atom is -0.305 e. The van der Waals surface area contributed by atoms with Gasteiger partial charge in [-0.05, 0) is 25.3 Å². The molecule has 0 aliphatic carbocycles. The van der Waals surface area contributed by atoms with Crippen LogP contribution < -0.4 is 0 Å². The van der Waals surface area contributed by atoms with Crippen molar-refractivity contribution in [3.05, 3.63) is 11.6 Å². The molecule has 2 N–H and O–H groups in total. The van der Waals surface area contributed by atoms with Crippen LogP contribution in [0.15, 0.2) is 11.6 Å². The van der Waals surface area contributed by atoms with Crippen molar-refractivity contribution < 1.29 is 4.79 Å². The van der Waals surface area contributed by atoms with Crippen molar-refractivity contribution in [2.24, 2.45) is 5.92 Å². The number of carbonyl (C=O) groups is 1. The normalized spacial score (nSPS) is 11.6. The molecule has 0 aromatic rings. The highest BCUT2D eigenvalue weighted by Crippen LogP contribution is 2.06. The number of Topliss-reactive ketones (excluding diaryl/α,β-unsaturated/α-hetero) is 1. The summed E-state index contributed by atoms with van der Waals surface area (Å²) in [5.41, 5.74) is 1.07. The lowest BCUT2D eigenvalue weighted by Crippen LogP contribution is -2.12. The van der Waals surface area contributed by atoms with Gasteiger partial charge in [-0.2, -0.15) is 0 Å². The number of nitrogens with one attached hydrogen (secondary N) is 2. The molecule has 0 unspecified atom stereocenters. The lowest BCUT2D eigenvalue weighted by atomic mass is 9.99. The van der Waals surface area contributed by atoms with Crippen LogP contribution >= 0.6 is 0 Å². The summed E-state index contributed by atoms with van der Waals surface area (Å²) < 4.78 is 0. The first kappa shape index (κ1) is 12.8. The molecule has 0 saturated heterocycles. The van der Waals surface area contributed by atoms with Crippen LogP contribution in [0.4, 0.5) is 0 Å². The fourth-order valence-corrected chi connectivity index (χ4v) is 0.914. The fourth-order valence-electron chi connectivity index (χ4n) is 0.914. The Bertz CT molecular complexity index is 288. The van der Waals surface area contributed by atoms with Crippen LogP contribution in [0.25, 0.3) is 0 Å². The molecular weight excluding hydrogens is 176 g/mol. The highest BCUT2D eigenvalue weighted by Gasteiger charge is 2.10. The Balaban J connectivity index is 4.92. The third kappa shape index (κ3) is 3.64. The average Bonchev–Trinajstić information content (AvgIpc) is 2.11. The van der Waals surface area contributed by atoms with Crippen LogP contribution in [-0.4, -0.2) is 17.2 Å². The van der Waals surface area contributed by atoms with Gasteiger partial charge in [-0.1, -0.05) is 20.8 Å². The molecule has 0 heterocycles. The maximum atomic E-state index is 11.2. The van der Waals surface area contributed by atoms with Gasteiger partial charge < -0.3 is 10.8 Å². The van der Waals surface area contributed by atoms with Gasteiger partial charge in [0, 0.05) is 17.0 Å². The van der Waals surface area contributed by atoms with Gasteiger partial charge in [-0.3, -0.25) is 4.79 Å². The first-order valence-corrected chi connectivity index (χ1v) is 4.79. The van der Waals surface area contributed by atoms with E-state index in [4.69, 9.17) is 10.8 Å². The van der Waals surface area contributed by atoms with Crippen molar-refractivity contribution in [1.82, 2.24) is 0 Å². The topological polar surface area (TPSA) is 64.8 Å². The minimum absolute atomic E-state index is 0.0917. The summed E-state index contributed by atoms with van der Waals surface area (Å²) in [4.78, 5) is 11.2. The van der Waals surface area contributed by atoms with Gasteiger partial charge in [0.15, 0.2) is 5.78 Å². The zero-order chi connectivity index (χ0) is 11.3. The molecule has 0 spiro atoms. The van der Waals surface area contributed by atoms with E-state index in [0.29, 0.717) is 23.4 Å². The zero-order valence-corrected chi connectivity index (χ0v) is 9.27. The molecular formula is C11H18N2O. The smallest absolute Gasteiger partial charge is 0.161 e. The molecule has 0 atom stereocenters. The first-order valence-electron chi connectivity index (χ1n) is 4.79. The van der Waals surface area contributed by atoms with Gasteiger partial charge in [-0.25, -0.2) is 0 Å². The number of ketones is 1. The third-order valence-electron chi connectivity index (χ3n) is 1.98. The summed E-state index contributed by atoms with van der Waals surface area (Å²) in [5, 5.41) is 15.2. The Labute approximate surface area is 85.2 Å². The third-order valence-corrected chi connectivity index (χ3v) is 1.98. The summed E-state index contributed by atoms with van der Waals surface area (Å²) >= 11 is 0. The Morgan fingerprint density at radius 2 is 1.86 bits per heavy atom. The molecule has 0 aromatic heterocycles. The van der Waals surface area contributed by atoms with Crippen LogP contribution in [-0.2, 0) is 4.79 Å². The molecule has 0 bridgehead atoms. The fraction of sp³-hybridized carbons (Fsp3) is 0.545. The van der Waals surface area contributed by atoms with Crippen molar-refractivity contribution in [3.8, 4) is 0 Å². The SMILES string of the molecule is CCC(=N)/C(=C\C(=N)C(C)C)C(C)=O. The second-order valence-corrected chi connectivity index (χ2v) is 3.56. The summed E-state index contributed by atoms with van der Waals surface area (Å²) in [6.45, 7) is 7.06. The van der Waals surface area contributed by atoms with E-state index in [1.807, 2.05) is 20.8 Å². The van der Waals surface area contributed by atoms with E-state index in [1.165, 1.54) is 13.0 Å². The predicted octanol–water partition coefficient (Wildman–Crippen LogP) is 2.61. The molecule has 0 aliphatic heterocycles. The lowest BCUT2D eigenvalue weighted by Gasteiger charge is -2.06. The van der Waals surface area contributed by atoms with E-state index in [0.717, 1.165) is 0 Å². The molecule has 14 heavy (non-hydrogen) atoms. The van der Waals surface area contributed by atoms with Crippen LogP contribution in [0, 0.1) is 16.7 Å². The standard InChI is InChI=1S/C11H18N2O/c1-5-10(12)9(8(4)14)6-11(13)7(2)3/h6-7,12-13H,5H2,1-4H3/b9-6-,12-10?,13-11?. The minimum atomic E-state index is -0.137. The zero-order valence-electron chi connectivity index (χ0n) is 9.27. The Morgan fingerprint density at radius 3 is 2.14 bits per heavy atom. The molecule has 0 fully saturated rings. The quantitative estimate of drug-likeness (QED) is 0.512. The van der Waals surface area contributed by atoms with Crippen molar-refractivity contribution in [2.45, 2.75) is 34.1 Å². The van der Waals surface area contributed by atoms with E-state index < -0.39 is 0 Å². The second-order valence-electron chi connectivity index (χ2n) is 3.56. The lowest BCUT2D eigenvalue weighted by molar-refractivity contribution is -0.113. The van der Waals surface area contributed by atoms with Gasteiger partial charge in [0.1, 0.15) is 0 Å². The maximum Gasteiger partial charge on any atom is 0.161 e. The Morgan fingerprint density at radius 1 is 1.36 bits per heavy atom. The van der Waals surface area contributed by atoms with E-state index >= 15 is 0 Å². The van der Waals surface area contributed by atoms with E-state index in [1.54, 1.807) is 0 Å². The summed E-state index contributed by atoms with van der Waals surface area (Å²) in [7, 11) is 0. The van der Waals surface area contributed by atoms with Gasteiger partial charge in [-0.15, -0.1) is 0 Å². The largest absolute Gasteiger partial charge is 0.305 e. The van der Waals surface area contributed by atoms with Crippen molar-refractivity contribution in [2.75, 3.05) is 0 Å². The van der Waals surface area contributed by atoms with E-state index in [9.17, 15) is 4.79 Å². The van der Waals surface area contributed by atoms with Crippen molar-refractivity contribution in [3.63, 3.8) is 0 Å². The first-order chi connectivity index (χ1) is 6.40. The predicted molar refractivity (Wildman–Crippen MR) is 59.3 cm³/mol. The summed E-state index contributed by atoms with van der Waals surface area (Å²) in [6.07, 6.45) is 2.04. The van der Waals surface area contributed by atoms with Gasteiger partial charge in [0.2, 0.25) is 0 Å². The van der Waals surface area contributed by atoms with Crippen molar-refractivity contribution in [1.29, 1.82) is 10.8 Å². The summed E-state index contributed by atoms with van der Waals surface area (Å²) in [6, 6.07) is 0. The van der Waals surface area contributed by atoms with E-state index in [2.05, 4.69) is 0 Å². The molecule has 0 amide bonds. The van der Waals surface area contributed by atoms with Crippen LogP contribution in [0.5, 0.6) is 0 Å². The van der Waals surface area contributed by atoms with Crippen molar-refractivity contribution >= 4 is 17.2 Å². The number of hydrogen-bond donors (Lipinski definition) is 2. The number of carbonyl (C=O) groups excluding carboxylic acids is 1. The number of hydrogen-bond acceptors (Lipinski definition) is 3. The van der Waals surface area contributed by atoms with Crippen LogP contribution in [0.3, 0.4) is 0 Å². The Kier molecular flexibility index (Phi) is 4.99. The second kappa shape index (κ2) is 5.47. The molecule has 3 nitrogen and oxygen atoms in total. The van der Waals surface area contributed by atoms with Gasteiger partial charge in [0.25, 0.3) is 0 Å². The number of allylic oxidation sites excluding steroid dienone is 2. The molecule has 78 valence electrons. The van der Waals surface area contributed by atoms with Gasteiger partial charge >= 0.3 is 0 Å². The summed E-state index contributed by atoms with van der Waals surface area (Å²) in [5.74, 6) is -0.0451. The Hall–Kier alpha value is -1.25. The van der Waals surface area contributed by atoms with E-state index in [-0.39, 0.29) is 11.7 Å². The average molecular weight is 194 g/mol. The van der Waals surface area contributed by atoms with Crippen LogP contribution in [0.1, 0.15) is 34.1 Å². The number of rotatable bonds is 5. The molecule has 0 rings (SSSR count). The molecule has 0 radical (unpaired) electrons. The maximum absolute atomic E-state index is 11.2.